The molecule has 0 aliphatic heterocycles. The van der Waals surface area contributed by atoms with E-state index in [1.54, 1.807) is 35.2 Å². The summed E-state index contributed by atoms with van der Waals surface area (Å²) in [5, 5.41) is 0.630. The van der Waals surface area contributed by atoms with E-state index in [0.29, 0.717) is 11.7 Å². The second kappa shape index (κ2) is 9.63. The molecule has 1 heterocycles. The van der Waals surface area contributed by atoms with E-state index < -0.39 is 9.84 Å². The zero-order chi connectivity index (χ0) is 22.6. The maximum atomic E-state index is 13.2. The Labute approximate surface area is 192 Å². The first-order valence-corrected chi connectivity index (χ1v) is 12.9. The van der Waals surface area contributed by atoms with Gasteiger partial charge in [-0.05, 0) is 48.7 Å². The molecule has 0 saturated heterocycles. The second-order valence-corrected chi connectivity index (χ2v) is 10.8. The Kier molecular flexibility index (Phi) is 6.67. The number of hydrogen-bond donors (Lipinski definition) is 0. The number of fused-ring (bicyclic) bond motifs is 1. The Morgan fingerprint density at radius 3 is 2.38 bits per heavy atom. The number of amides is 1. The van der Waals surface area contributed by atoms with Crippen molar-refractivity contribution in [1.82, 2.24) is 4.98 Å². The van der Waals surface area contributed by atoms with Gasteiger partial charge in [-0.2, -0.15) is 0 Å². The predicted molar refractivity (Wildman–Crippen MR) is 130 cm³/mol. The number of anilines is 1. The SMILES string of the molecule is Cc1ccc2nc(N(Cc3ccccc3)C(=O)CCCS(=O)(=O)c3ccccc3)sc2c1. The summed E-state index contributed by atoms with van der Waals surface area (Å²) in [6.45, 7) is 2.42. The first kappa shape index (κ1) is 22.2. The largest absolute Gasteiger partial charge is 0.284 e. The van der Waals surface area contributed by atoms with Crippen molar-refractivity contribution in [2.45, 2.75) is 31.2 Å². The highest BCUT2D eigenvalue weighted by Gasteiger charge is 2.22. The van der Waals surface area contributed by atoms with E-state index in [9.17, 15) is 13.2 Å². The molecule has 7 heteroatoms. The fourth-order valence-corrected chi connectivity index (χ4v) is 5.87. The van der Waals surface area contributed by atoms with Crippen molar-refractivity contribution >= 4 is 42.4 Å². The summed E-state index contributed by atoms with van der Waals surface area (Å²) < 4.78 is 26.1. The molecule has 4 rings (SSSR count). The molecule has 0 radical (unpaired) electrons. The lowest BCUT2D eigenvalue weighted by Gasteiger charge is -2.20. The number of aromatic nitrogens is 1. The van der Waals surface area contributed by atoms with Crippen molar-refractivity contribution in [3.8, 4) is 0 Å². The summed E-state index contributed by atoms with van der Waals surface area (Å²) in [7, 11) is -3.41. The molecule has 0 fully saturated rings. The van der Waals surface area contributed by atoms with Gasteiger partial charge in [-0.25, -0.2) is 13.4 Å². The molecule has 0 atom stereocenters. The number of aryl methyl sites for hydroxylation is 1. The molecule has 0 N–H and O–H groups in total. The first-order chi connectivity index (χ1) is 15.4. The number of nitrogens with zero attached hydrogens (tertiary/aromatic N) is 2. The number of thiazole rings is 1. The van der Waals surface area contributed by atoms with Crippen molar-refractivity contribution in [3.63, 3.8) is 0 Å². The smallest absolute Gasteiger partial charge is 0.229 e. The molecular formula is C25H24N2O3S2. The Morgan fingerprint density at radius 1 is 0.969 bits per heavy atom. The van der Waals surface area contributed by atoms with E-state index in [1.165, 1.54) is 11.3 Å². The van der Waals surface area contributed by atoms with Crippen molar-refractivity contribution in [3.05, 3.63) is 90.0 Å². The van der Waals surface area contributed by atoms with Gasteiger partial charge in [0, 0.05) is 6.42 Å². The lowest BCUT2D eigenvalue weighted by molar-refractivity contribution is -0.118. The molecular weight excluding hydrogens is 440 g/mol. The van der Waals surface area contributed by atoms with Crippen LogP contribution >= 0.6 is 11.3 Å². The van der Waals surface area contributed by atoms with Crippen LogP contribution in [-0.2, 0) is 21.2 Å². The minimum Gasteiger partial charge on any atom is -0.284 e. The molecule has 164 valence electrons. The van der Waals surface area contributed by atoms with E-state index in [4.69, 9.17) is 0 Å². The van der Waals surface area contributed by atoms with Crippen LogP contribution in [0, 0.1) is 6.92 Å². The van der Waals surface area contributed by atoms with Gasteiger partial charge in [0.25, 0.3) is 0 Å². The summed E-state index contributed by atoms with van der Waals surface area (Å²) in [5.74, 6) is -0.200. The summed E-state index contributed by atoms with van der Waals surface area (Å²) in [4.78, 5) is 19.9. The minimum absolute atomic E-state index is 0.0685. The van der Waals surface area contributed by atoms with Crippen molar-refractivity contribution < 1.29 is 13.2 Å². The maximum Gasteiger partial charge on any atom is 0.229 e. The Balaban J connectivity index is 1.53. The molecule has 0 aliphatic rings. The number of rotatable bonds is 8. The van der Waals surface area contributed by atoms with Crippen LogP contribution in [0.15, 0.2) is 83.8 Å². The molecule has 32 heavy (non-hydrogen) atoms. The van der Waals surface area contributed by atoms with Gasteiger partial charge in [-0.1, -0.05) is 65.9 Å². The number of benzene rings is 3. The Hall–Kier alpha value is -3.03. The summed E-state index contributed by atoms with van der Waals surface area (Å²) in [6, 6.07) is 24.1. The van der Waals surface area contributed by atoms with Gasteiger partial charge < -0.3 is 0 Å². The average Bonchev–Trinajstić information content (AvgIpc) is 3.21. The lowest BCUT2D eigenvalue weighted by Crippen LogP contribution is -2.30. The standard InChI is InChI=1S/C25H24N2O3S2/c1-19-14-15-22-23(17-19)31-25(26-22)27(18-20-9-4-2-5-10-20)24(28)13-8-16-32(29,30)21-11-6-3-7-12-21/h2-7,9-12,14-15,17H,8,13,16,18H2,1H3. The molecule has 4 aromatic rings. The number of sulfone groups is 1. The van der Waals surface area contributed by atoms with Crippen LogP contribution in [0.3, 0.4) is 0 Å². The van der Waals surface area contributed by atoms with E-state index in [2.05, 4.69) is 11.1 Å². The van der Waals surface area contributed by atoms with Crippen LogP contribution in [0.5, 0.6) is 0 Å². The van der Waals surface area contributed by atoms with Gasteiger partial charge in [0.2, 0.25) is 5.91 Å². The molecule has 3 aromatic carbocycles. The van der Waals surface area contributed by atoms with Gasteiger partial charge >= 0.3 is 0 Å². The van der Waals surface area contributed by atoms with Crippen molar-refractivity contribution in [1.29, 1.82) is 0 Å². The molecule has 0 unspecified atom stereocenters. The van der Waals surface area contributed by atoms with E-state index in [-0.39, 0.29) is 29.4 Å². The molecule has 0 bridgehead atoms. The van der Waals surface area contributed by atoms with Gasteiger partial charge in [0.1, 0.15) is 0 Å². The molecule has 5 nitrogen and oxygen atoms in total. The highest BCUT2D eigenvalue weighted by Crippen LogP contribution is 2.31. The summed E-state index contributed by atoms with van der Waals surface area (Å²) in [6.07, 6.45) is 0.388. The van der Waals surface area contributed by atoms with E-state index in [0.717, 1.165) is 21.3 Å². The molecule has 0 spiro atoms. The molecule has 0 saturated carbocycles. The van der Waals surface area contributed by atoms with Crippen LogP contribution < -0.4 is 4.90 Å². The van der Waals surface area contributed by atoms with Crippen molar-refractivity contribution in [2.24, 2.45) is 0 Å². The van der Waals surface area contributed by atoms with Crippen molar-refractivity contribution in [2.75, 3.05) is 10.7 Å². The predicted octanol–water partition coefficient (Wildman–Crippen LogP) is 5.39. The third-order valence-electron chi connectivity index (χ3n) is 5.15. The summed E-state index contributed by atoms with van der Waals surface area (Å²) >= 11 is 1.48. The number of carbonyl (C=O) groups is 1. The molecule has 0 aliphatic carbocycles. The van der Waals surface area contributed by atoms with Gasteiger partial charge in [-0.3, -0.25) is 9.69 Å². The Bertz CT molecular complexity index is 1320. The van der Waals surface area contributed by atoms with Crippen LogP contribution in [0.25, 0.3) is 10.2 Å². The van der Waals surface area contributed by atoms with Gasteiger partial charge in [-0.15, -0.1) is 0 Å². The second-order valence-electron chi connectivity index (χ2n) is 7.67. The van der Waals surface area contributed by atoms with Gasteiger partial charge in [0.05, 0.1) is 27.4 Å². The highest BCUT2D eigenvalue weighted by atomic mass is 32.2. The minimum atomic E-state index is -3.41. The highest BCUT2D eigenvalue weighted by molar-refractivity contribution is 7.91. The third kappa shape index (κ3) is 5.23. The number of hydrogen-bond acceptors (Lipinski definition) is 5. The normalized spacial score (nSPS) is 11.5. The quantitative estimate of drug-likeness (QED) is 0.351. The van der Waals surface area contributed by atoms with E-state index >= 15 is 0 Å². The topological polar surface area (TPSA) is 67.3 Å². The Morgan fingerprint density at radius 2 is 1.66 bits per heavy atom. The fourth-order valence-electron chi connectivity index (χ4n) is 3.46. The van der Waals surface area contributed by atoms with E-state index in [1.807, 2.05) is 49.4 Å². The zero-order valence-corrected chi connectivity index (χ0v) is 19.4. The van der Waals surface area contributed by atoms with Crippen LogP contribution in [0.2, 0.25) is 0 Å². The fraction of sp³-hybridized carbons (Fsp3) is 0.200. The van der Waals surface area contributed by atoms with Crippen LogP contribution in [-0.4, -0.2) is 25.1 Å². The van der Waals surface area contributed by atoms with Crippen LogP contribution in [0.4, 0.5) is 5.13 Å². The molecule has 1 aromatic heterocycles. The van der Waals surface area contributed by atoms with Gasteiger partial charge in [0.15, 0.2) is 15.0 Å². The lowest BCUT2D eigenvalue weighted by atomic mass is 10.2. The van der Waals surface area contributed by atoms with Crippen LogP contribution in [0.1, 0.15) is 24.0 Å². The third-order valence-corrected chi connectivity index (χ3v) is 8.01. The molecule has 1 amide bonds. The first-order valence-electron chi connectivity index (χ1n) is 10.4. The maximum absolute atomic E-state index is 13.2. The summed E-state index contributed by atoms with van der Waals surface area (Å²) in [5.41, 5.74) is 2.99. The average molecular weight is 465 g/mol. The monoisotopic (exact) mass is 464 g/mol. The zero-order valence-electron chi connectivity index (χ0n) is 17.8. The number of carbonyl (C=O) groups excluding carboxylic acids is 1.